The van der Waals surface area contributed by atoms with Crippen molar-refractivity contribution in [3.63, 3.8) is 0 Å². The molecule has 2 rings (SSSR count). The van der Waals surface area contributed by atoms with Crippen molar-refractivity contribution in [3.05, 3.63) is 28.2 Å². The summed E-state index contributed by atoms with van der Waals surface area (Å²) >= 11 is 3.36. The second-order valence-corrected chi connectivity index (χ2v) is 5.35. The van der Waals surface area contributed by atoms with Gasteiger partial charge in [0.05, 0.1) is 4.47 Å². The Morgan fingerprint density at radius 3 is 2.60 bits per heavy atom. The predicted molar refractivity (Wildman–Crippen MR) is 66.1 cm³/mol. The first-order valence-electron chi connectivity index (χ1n) is 5.73. The Balaban J connectivity index is 2.00. The third kappa shape index (κ3) is 2.97. The van der Waals surface area contributed by atoms with Gasteiger partial charge < -0.3 is 5.11 Å². The van der Waals surface area contributed by atoms with Gasteiger partial charge in [0.1, 0.15) is 5.75 Å². The zero-order valence-electron chi connectivity index (χ0n) is 8.88. The van der Waals surface area contributed by atoms with E-state index in [0.29, 0.717) is 5.75 Å². The fraction of sp³-hybridized carbons (Fsp3) is 0.538. The third-order valence-corrected chi connectivity index (χ3v) is 3.90. The zero-order chi connectivity index (χ0) is 10.7. The number of phenolic OH excluding ortho intramolecular Hbond substituents is 1. The van der Waals surface area contributed by atoms with Crippen molar-refractivity contribution < 1.29 is 5.11 Å². The summed E-state index contributed by atoms with van der Waals surface area (Å²) in [5.74, 6) is 1.19. The Hall–Kier alpha value is -0.500. The van der Waals surface area contributed by atoms with E-state index in [9.17, 15) is 5.11 Å². The maximum absolute atomic E-state index is 9.40. The fourth-order valence-electron chi connectivity index (χ4n) is 2.40. The van der Waals surface area contributed by atoms with Gasteiger partial charge in [-0.05, 0) is 46.0 Å². The molecule has 0 spiro atoms. The van der Waals surface area contributed by atoms with E-state index in [1.54, 1.807) is 6.07 Å². The van der Waals surface area contributed by atoms with Gasteiger partial charge in [-0.2, -0.15) is 0 Å². The third-order valence-electron chi connectivity index (χ3n) is 3.26. The molecule has 1 aliphatic rings. The van der Waals surface area contributed by atoms with Crippen LogP contribution in [0, 0.1) is 5.92 Å². The van der Waals surface area contributed by atoms with Crippen molar-refractivity contribution in [1.82, 2.24) is 0 Å². The SMILES string of the molecule is Oc1ccc(CC2CCCCC2)cc1Br. The molecule has 1 nitrogen and oxygen atoms in total. The van der Waals surface area contributed by atoms with E-state index in [0.717, 1.165) is 10.4 Å². The largest absolute Gasteiger partial charge is 0.507 e. The van der Waals surface area contributed by atoms with Crippen molar-refractivity contribution in [2.45, 2.75) is 38.5 Å². The Kier molecular flexibility index (Phi) is 3.68. The standard InChI is InChI=1S/C13H17BrO/c14-12-9-11(6-7-13(12)15)8-10-4-2-1-3-5-10/h6-7,9-10,15H,1-5,8H2. The summed E-state index contributed by atoms with van der Waals surface area (Å²) in [6.45, 7) is 0. The number of rotatable bonds is 2. The van der Waals surface area contributed by atoms with Crippen LogP contribution in [0.3, 0.4) is 0 Å². The molecule has 1 aromatic carbocycles. The van der Waals surface area contributed by atoms with E-state index >= 15 is 0 Å². The van der Waals surface area contributed by atoms with Gasteiger partial charge in [-0.3, -0.25) is 0 Å². The lowest BCUT2D eigenvalue weighted by molar-refractivity contribution is 0.356. The van der Waals surface area contributed by atoms with Gasteiger partial charge in [0, 0.05) is 0 Å². The topological polar surface area (TPSA) is 20.2 Å². The highest BCUT2D eigenvalue weighted by atomic mass is 79.9. The lowest BCUT2D eigenvalue weighted by Gasteiger charge is -2.21. The lowest BCUT2D eigenvalue weighted by Crippen LogP contribution is -2.09. The van der Waals surface area contributed by atoms with Crippen molar-refractivity contribution in [2.75, 3.05) is 0 Å². The van der Waals surface area contributed by atoms with Crippen LogP contribution < -0.4 is 0 Å². The Morgan fingerprint density at radius 2 is 1.93 bits per heavy atom. The first-order chi connectivity index (χ1) is 7.25. The summed E-state index contributed by atoms with van der Waals surface area (Å²) in [6.07, 6.45) is 8.11. The second kappa shape index (κ2) is 5.02. The van der Waals surface area contributed by atoms with Crippen molar-refractivity contribution in [3.8, 4) is 5.75 Å². The maximum Gasteiger partial charge on any atom is 0.129 e. The molecule has 0 unspecified atom stereocenters. The summed E-state index contributed by atoms with van der Waals surface area (Å²) in [4.78, 5) is 0. The Labute approximate surface area is 99.6 Å². The number of aromatic hydroxyl groups is 1. The molecule has 82 valence electrons. The van der Waals surface area contributed by atoms with Crippen molar-refractivity contribution in [2.24, 2.45) is 5.92 Å². The van der Waals surface area contributed by atoms with Crippen LogP contribution in [0.5, 0.6) is 5.75 Å². The van der Waals surface area contributed by atoms with Crippen molar-refractivity contribution >= 4 is 15.9 Å². The molecule has 1 aromatic rings. The van der Waals surface area contributed by atoms with Gasteiger partial charge in [0.15, 0.2) is 0 Å². The maximum atomic E-state index is 9.40. The lowest BCUT2D eigenvalue weighted by atomic mass is 9.85. The molecule has 0 aromatic heterocycles. The van der Waals surface area contributed by atoms with E-state index in [-0.39, 0.29) is 0 Å². The summed E-state index contributed by atoms with van der Waals surface area (Å²) in [5.41, 5.74) is 1.34. The molecular formula is C13H17BrO. The summed E-state index contributed by atoms with van der Waals surface area (Å²) in [7, 11) is 0. The van der Waals surface area contributed by atoms with Gasteiger partial charge in [0.2, 0.25) is 0 Å². The second-order valence-electron chi connectivity index (χ2n) is 4.49. The van der Waals surface area contributed by atoms with Gasteiger partial charge in [0.25, 0.3) is 0 Å². The van der Waals surface area contributed by atoms with E-state index in [2.05, 4.69) is 15.9 Å². The molecule has 0 heterocycles. The average Bonchev–Trinajstić information content (AvgIpc) is 2.25. The molecule has 1 N–H and O–H groups in total. The summed E-state index contributed by atoms with van der Waals surface area (Å²) < 4.78 is 0.816. The number of phenols is 1. The van der Waals surface area contributed by atoms with Crippen LogP contribution in [0.4, 0.5) is 0 Å². The summed E-state index contributed by atoms with van der Waals surface area (Å²) in [6, 6.07) is 5.86. The van der Waals surface area contributed by atoms with Gasteiger partial charge in [-0.1, -0.05) is 38.2 Å². The van der Waals surface area contributed by atoms with E-state index < -0.39 is 0 Å². The van der Waals surface area contributed by atoms with Crippen LogP contribution in [-0.4, -0.2) is 5.11 Å². The first kappa shape index (κ1) is 11.0. The van der Waals surface area contributed by atoms with Crippen LogP contribution in [0.2, 0.25) is 0 Å². The number of hydrogen-bond donors (Lipinski definition) is 1. The van der Waals surface area contributed by atoms with Crippen LogP contribution >= 0.6 is 15.9 Å². The summed E-state index contributed by atoms with van der Waals surface area (Å²) in [5, 5.41) is 9.40. The van der Waals surface area contributed by atoms with Gasteiger partial charge in [-0.25, -0.2) is 0 Å². The van der Waals surface area contributed by atoms with Crippen molar-refractivity contribution in [1.29, 1.82) is 0 Å². The molecule has 0 radical (unpaired) electrons. The highest BCUT2D eigenvalue weighted by molar-refractivity contribution is 9.10. The highest BCUT2D eigenvalue weighted by Crippen LogP contribution is 2.30. The molecule has 2 heteroatoms. The molecule has 0 saturated heterocycles. The molecule has 1 aliphatic carbocycles. The average molecular weight is 269 g/mol. The Bertz CT molecular complexity index is 329. The molecular weight excluding hydrogens is 252 g/mol. The van der Waals surface area contributed by atoms with Gasteiger partial charge in [-0.15, -0.1) is 0 Å². The molecule has 0 bridgehead atoms. The fourth-order valence-corrected chi connectivity index (χ4v) is 2.83. The number of hydrogen-bond acceptors (Lipinski definition) is 1. The minimum Gasteiger partial charge on any atom is -0.507 e. The number of halogens is 1. The molecule has 0 amide bonds. The first-order valence-corrected chi connectivity index (χ1v) is 6.52. The smallest absolute Gasteiger partial charge is 0.129 e. The van der Waals surface area contributed by atoms with Crippen LogP contribution in [0.15, 0.2) is 22.7 Å². The van der Waals surface area contributed by atoms with Crippen LogP contribution in [0.25, 0.3) is 0 Å². The predicted octanol–water partition coefficient (Wildman–Crippen LogP) is 4.28. The minimum atomic E-state index is 0.336. The normalized spacial score (nSPS) is 17.9. The Morgan fingerprint density at radius 1 is 1.20 bits per heavy atom. The van der Waals surface area contributed by atoms with Crippen LogP contribution in [-0.2, 0) is 6.42 Å². The monoisotopic (exact) mass is 268 g/mol. The minimum absolute atomic E-state index is 0.336. The van der Waals surface area contributed by atoms with E-state index in [4.69, 9.17) is 0 Å². The van der Waals surface area contributed by atoms with Gasteiger partial charge >= 0.3 is 0 Å². The van der Waals surface area contributed by atoms with E-state index in [1.807, 2.05) is 12.1 Å². The molecule has 1 fully saturated rings. The number of benzene rings is 1. The highest BCUT2D eigenvalue weighted by Gasteiger charge is 2.14. The molecule has 0 atom stereocenters. The molecule has 15 heavy (non-hydrogen) atoms. The molecule has 1 saturated carbocycles. The molecule has 0 aliphatic heterocycles. The van der Waals surface area contributed by atoms with E-state index in [1.165, 1.54) is 44.1 Å². The van der Waals surface area contributed by atoms with Crippen LogP contribution in [0.1, 0.15) is 37.7 Å². The zero-order valence-corrected chi connectivity index (χ0v) is 10.5. The quantitative estimate of drug-likeness (QED) is 0.849.